The van der Waals surface area contributed by atoms with E-state index in [1.54, 1.807) is 0 Å². The number of rotatable bonds is 9. The average molecular weight is 841 g/mol. The molecule has 1 atom stereocenters. The van der Waals surface area contributed by atoms with E-state index in [1.807, 2.05) is 22.7 Å². The summed E-state index contributed by atoms with van der Waals surface area (Å²) in [5.41, 5.74) is 10.7. The highest BCUT2D eigenvalue weighted by molar-refractivity contribution is 7.26. The molecule has 2 nitrogen and oxygen atoms in total. The molecule has 12 aromatic rings. The molecule has 298 valence electrons. The molecule has 0 saturated carbocycles. The Morgan fingerprint density at radius 2 is 0.762 bits per heavy atom. The molecule has 2 aromatic heterocycles. The molecule has 63 heavy (non-hydrogen) atoms. The fourth-order valence-corrected chi connectivity index (χ4v) is 12.0. The molecule has 0 saturated heterocycles. The van der Waals surface area contributed by atoms with Crippen molar-refractivity contribution in [3.63, 3.8) is 0 Å². The van der Waals surface area contributed by atoms with Crippen molar-refractivity contribution >= 4 is 108 Å². The van der Waals surface area contributed by atoms with Crippen molar-refractivity contribution in [1.82, 2.24) is 0 Å². The minimum absolute atomic E-state index is 0.00885. The van der Waals surface area contributed by atoms with Crippen molar-refractivity contribution in [2.24, 2.45) is 0 Å². The van der Waals surface area contributed by atoms with Gasteiger partial charge in [-0.15, -0.1) is 22.7 Å². The standard InChI is InChI=1S/C59H40N2S2/c1-4-19-42(20-5-1)60(43-21-6-2-7-22-43)45-35-33-41(34-36-45)57(52-29-15-27-50-48-26-12-13-32-55(48)62-58(50)52)53-30-16-28-51-49-38-37-46(39-56(49)63-59(51)53)61(44-23-8-3-9-24-44)54-31-14-18-40-17-10-11-25-47(40)54/h1-39,57H. The van der Waals surface area contributed by atoms with Crippen molar-refractivity contribution in [2.75, 3.05) is 9.80 Å². The summed E-state index contributed by atoms with van der Waals surface area (Å²) >= 11 is 3.82. The van der Waals surface area contributed by atoms with Crippen LogP contribution in [0.25, 0.3) is 51.1 Å². The van der Waals surface area contributed by atoms with Gasteiger partial charge in [0.1, 0.15) is 0 Å². The topological polar surface area (TPSA) is 6.48 Å². The van der Waals surface area contributed by atoms with Crippen molar-refractivity contribution in [3.8, 4) is 0 Å². The average Bonchev–Trinajstić information content (AvgIpc) is 3.93. The van der Waals surface area contributed by atoms with Crippen LogP contribution in [-0.4, -0.2) is 0 Å². The Labute approximate surface area is 374 Å². The lowest BCUT2D eigenvalue weighted by Crippen LogP contribution is -2.10. The minimum Gasteiger partial charge on any atom is -0.311 e. The van der Waals surface area contributed by atoms with Gasteiger partial charge in [0.15, 0.2) is 0 Å². The second-order valence-electron chi connectivity index (χ2n) is 16.0. The number of para-hydroxylation sites is 3. The van der Waals surface area contributed by atoms with E-state index in [4.69, 9.17) is 0 Å². The lowest BCUT2D eigenvalue weighted by Gasteiger charge is -2.27. The number of hydrogen-bond acceptors (Lipinski definition) is 4. The summed E-state index contributed by atoms with van der Waals surface area (Å²) in [5, 5.41) is 7.65. The summed E-state index contributed by atoms with van der Waals surface area (Å²) in [6.45, 7) is 0. The van der Waals surface area contributed by atoms with Crippen molar-refractivity contribution in [1.29, 1.82) is 0 Å². The maximum Gasteiger partial charge on any atom is 0.0540 e. The van der Waals surface area contributed by atoms with Gasteiger partial charge in [-0.1, -0.05) is 164 Å². The molecular formula is C59H40N2S2. The Balaban J connectivity index is 1.05. The summed E-state index contributed by atoms with van der Waals surface area (Å²) in [7, 11) is 0. The van der Waals surface area contributed by atoms with Crippen LogP contribution in [0.1, 0.15) is 22.6 Å². The zero-order chi connectivity index (χ0) is 41.7. The highest BCUT2D eigenvalue weighted by Crippen LogP contribution is 2.49. The number of fused-ring (bicyclic) bond motifs is 7. The molecule has 0 aliphatic rings. The molecule has 1 unspecified atom stereocenters. The highest BCUT2D eigenvalue weighted by Gasteiger charge is 2.26. The van der Waals surface area contributed by atoms with Crippen LogP contribution in [0.4, 0.5) is 34.1 Å². The van der Waals surface area contributed by atoms with Crippen molar-refractivity contribution in [2.45, 2.75) is 5.92 Å². The van der Waals surface area contributed by atoms with E-state index in [0.29, 0.717) is 0 Å². The Kier molecular flexibility index (Phi) is 9.32. The van der Waals surface area contributed by atoms with Crippen LogP contribution in [0.15, 0.2) is 237 Å². The van der Waals surface area contributed by atoms with Crippen LogP contribution < -0.4 is 9.80 Å². The first kappa shape index (κ1) is 37.3. The third kappa shape index (κ3) is 6.54. The highest BCUT2D eigenvalue weighted by atomic mass is 32.1. The van der Waals surface area contributed by atoms with Crippen LogP contribution in [0.3, 0.4) is 0 Å². The molecule has 4 heteroatoms. The van der Waals surface area contributed by atoms with Gasteiger partial charge in [0.05, 0.1) is 5.69 Å². The maximum absolute atomic E-state index is 2.41. The molecule has 0 bridgehead atoms. The van der Waals surface area contributed by atoms with E-state index >= 15 is 0 Å². The molecule has 0 amide bonds. The lowest BCUT2D eigenvalue weighted by molar-refractivity contribution is 1.01. The van der Waals surface area contributed by atoms with Crippen LogP contribution in [-0.2, 0) is 0 Å². The van der Waals surface area contributed by atoms with E-state index < -0.39 is 0 Å². The Bertz CT molecular complexity index is 3530. The van der Waals surface area contributed by atoms with Gasteiger partial charge in [0, 0.05) is 80.1 Å². The minimum atomic E-state index is -0.00885. The van der Waals surface area contributed by atoms with Gasteiger partial charge in [-0.05, 0) is 94.9 Å². The monoisotopic (exact) mass is 840 g/mol. The largest absolute Gasteiger partial charge is 0.311 e. The molecule has 10 aromatic carbocycles. The van der Waals surface area contributed by atoms with E-state index in [-0.39, 0.29) is 5.92 Å². The zero-order valence-corrected chi connectivity index (χ0v) is 35.9. The summed E-state index contributed by atoms with van der Waals surface area (Å²) in [6, 6.07) is 86.5. The smallest absolute Gasteiger partial charge is 0.0540 e. The van der Waals surface area contributed by atoms with Gasteiger partial charge < -0.3 is 9.80 Å². The number of benzene rings is 10. The Hall–Kier alpha value is -7.50. The predicted octanol–water partition coefficient (Wildman–Crippen LogP) is 17.7. The molecule has 2 heterocycles. The molecule has 0 fully saturated rings. The molecule has 0 spiro atoms. The summed E-state index contributed by atoms with van der Waals surface area (Å²) in [4.78, 5) is 4.75. The molecule has 12 rings (SSSR count). The number of nitrogens with zero attached hydrogens (tertiary/aromatic N) is 2. The van der Waals surface area contributed by atoms with Gasteiger partial charge in [0.25, 0.3) is 0 Å². The van der Waals surface area contributed by atoms with Crippen LogP contribution in [0.5, 0.6) is 0 Å². The number of thiophene rings is 2. The molecular weight excluding hydrogens is 801 g/mol. The van der Waals surface area contributed by atoms with Crippen LogP contribution in [0.2, 0.25) is 0 Å². The summed E-state index contributed by atoms with van der Waals surface area (Å²) in [6.07, 6.45) is 0. The lowest BCUT2D eigenvalue weighted by atomic mass is 9.84. The molecule has 0 aliphatic carbocycles. The first-order valence-electron chi connectivity index (χ1n) is 21.5. The number of hydrogen-bond donors (Lipinski definition) is 0. The van der Waals surface area contributed by atoms with E-state index in [9.17, 15) is 0 Å². The normalized spacial score (nSPS) is 12.1. The van der Waals surface area contributed by atoms with Crippen molar-refractivity contribution in [3.05, 3.63) is 253 Å². The first-order valence-corrected chi connectivity index (χ1v) is 23.1. The fraction of sp³-hybridized carbons (Fsp3) is 0.0169. The summed E-state index contributed by atoms with van der Waals surface area (Å²) < 4.78 is 5.25. The molecule has 0 radical (unpaired) electrons. The van der Waals surface area contributed by atoms with Gasteiger partial charge in [0.2, 0.25) is 0 Å². The number of anilines is 6. The van der Waals surface area contributed by atoms with Crippen LogP contribution in [0, 0.1) is 0 Å². The van der Waals surface area contributed by atoms with Gasteiger partial charge in [-0.3, -0.25) is 0 Å². The van der Waals surface area contributed by atoms with E-state index in [1.165, 1.54) is 73.5 Å². The van der Waals surface area contributed by atoms with Crippen LogP contribution >= 0.6 is 22.7 Å². The third-order valence-electron chi connectivity index (χ3n) is 12.4. The predicted molar refractivity (Wildman–Crippen MR) is 273 cm³/mol. The SMILES string of the molecule is c1ccc(N(c2ccccc2)c2ccc(C(c3cccc4c3sc3ccccc34)c3cccc4c3sc3cc(N(c5ccccc5)c5cccc6ccccc56)ccc34)cc2)cc1. The van der Waals surface area contributed by atoms with E-state index in [2.05, 4.69) is 246 Å². The fourth-order valence-electron chi connectivity index (χ4n) is 9.52. The summed E-state index contributed by atoms with van der Waals surface area (Å²) in [5.74, 6) is -0.00885. The maximum atomic E-state index is 2.41. The second kappa shape index (κ2) is 15.8. The van der Waals surface area contributed by atoms with Crippen molar-refractivity contribution < 1.29 is 0 Å². The second-order valence-corrected chi connectivity index (χ2v) is 18.1. The van der Waals surface area contributed by atoms with Gasteiger partial charge in [-0.2, -0.15) is 0 Å². The zero-order valence-electron chi connectivity index (χ0n) is 34.3. The van der Waals surface area contributed by atoms with E-state index in [0.717, 1.165) is 28.4 Å². The van der Waals surface area contributed by atoms with Gasteiger partial charge in [-0.25, -0.2) is 0 Å². The molecule has 0 N–H and O–H groups in total. The molecule has 0 aliphatic heterocycles. The third-order valence-corrected chi connectivity index (χ3v) is 14.8. The Morgan fingerprint density at radius 3 is 1.41 bits per heavy atom. The van der Waals surface area contributed by atoms with Gasteiger partial charge >= 0.3 is 0 Å². The quantitative estimate of drug-likeness (QED) is 0.134. The Morgan fingerprint density at radius 1 is 0.302 bits per heavy atom. The first-order chi connectivity index (χ1) is 31.3.